The molecule has 1 aromatic heterocycles. The Morgan fingerprint density at radius 1 is 1.55 bits per heavy atom. The summed E-state index contributed by atoms with van der Waals surface area (Å²) < 4.78 is 9.21. The smallest absolute Gasteiger partial charge is 0.111 e. The summed E-state index contributed by atoms with van der Waals surface area (Å²) in [6, 6.07) is 6.54. The van der Waals surface area contributed by atoms with Crippen molar-refractivity contribution in [3.63, 3.8) is 0 Å². The molecule has 0 amide bonds. The van der Waals surface area contributed by atoms with Crippen molar-refractivity contribution < 1.29 is 4.74 Å². The first-order valence-electron chi connectivity index (χ1n) is 7.04. The molecule has 0 aliphatic carbocycles. The Labute approximate surface area is 132 Å². The number of ether oxygens (including phenoxy) is 1. The van der Waals surface area contributed by atoms with E-state index in [-0.39, 0.29) is 6.10 Å². The zero-order valence-corrected chi connectivity index (χ0v) is 13.8. The van der Waals surface area contributed by atoms with Gasteiger partial charge in [-0.3, -0.25) is 0 Å². The van der Waals surface area contributed by atoms with E-state index in [1.54, 1.807) is 0 Å². The van der Waals surface area contributed by atoms with Crippen LogP contribution in [0.3, 0.4) is 0 Å². The summed E-state index contributed by atoms with van der Waals surface area (Å²) in [7, 11) is 0. The highest BCUT2D eigenvalue weighted by Gasteiger charge is 2.26. The van der Waals surface area contributed by atoms with Gasteiger partial charge in [0, 0.05) is 23.4 Å². The Bertz CT molecular complexity index is 607. The van der Waals surface area contributed by atoms with Gasteiger partial charge in [-0.2, -0.15) is 0 Å². The van der Waals surface area contributed by atoms with Crippen LogP contribution in [0.15, 0.2) is 22.7 Å². The van der Waals surface area contributed by atoms with Gasteiger partial charge in [-0.1, -0.05) is 15.9 Å². The maximum absolute atomic E-state index is 5.94. The summed E-state index contributed by atoms with van der Waals surface area (Å²) in [5.74, 6) is 1.64. The average Bonchev–Trinajstić information content (AvgIpc) is 3.05. The van der Waals surface area contributed by atoms with Gasteiger partial charge in [-0.15, -0.1) is 11.6 Å². The lowest BCUT2D eigenvalue weighted by molar-refractivity contribution is 0.0736. The van der Waals surface area contributed by atoms with Crippen molar-refractivity contribution in [1.82, 2.24) is 9.55 Å². The van der Waals surface area contributed by atoms with Crippen molar-refractivity contribution in [2.45, 2.75) is 38.3 Å². The molecule has 1 saturated heterocycles. The summed E-state index contributed by atoms with van der Waals surface area (Å²) in [6.45, 7) is 3.09. The van der Waals surface area contributed by atoms with Crippen LogP contribution in [0.5, 0.6) is 0 Å². The van der Waals surface area contributed by atoms with Gasteiger partial charge in [0.1, 0.15) is 5.82 Å². The lowest BCUT2D eigenvalue weighted by Crippen LogP contribution is -2.22. The van der Waals surface area contributed by atoms with Gasteiger partial charge in [0.15, 0.2) is 0 Å². The predicted octanol–water partition coefficient (Wildman–Crippen LogP) is 4.32. The van der Waals surface area contributed by atoms with Crippen LogP contribution in [0.25, 0.3) is 11.0 Å². The highest BCUT2D eigenvalue weighted by atomic mass is 79.9. The molecule has 0 radical (unpaired) electrons. The Kier molecular flexibility index (Phi) is 4.34. The number of imidazole rings is 1. The van der Waals surface area contributed by atoms with Crippen LogP contribution < -0.4 is 0 Å². The quantitative estimate of drug-likeness (QED) is 0.762. The zero-order chi connectivity index (χ0) is 14.1. The lowest BCUT2D eigenvalue weighted by Gasteiger charge is -2.23. The molecule has 1 aliphatic heterocycles. The number of benzene rings is 1. The van der Waals surface area contributed by atoms with Crippen molar-refractivity contribution >= 4 is 38.6 Å². The minimum atomic E-state index is 0.283. The van der Waals surface area contributed by atoms with Gasteiger partial charge in [0.2, 0.25) is 0 Å². The van der Waals surface area contributed by atoms with E-state index in [0.717, 1.165) is 47.2 Å². The SMILES string of the molecule is CC(C1CCCO1)n1c(CCCl)nc2cc(Br)ccc21. The minimum Gasteiger partial charge on any atom is -0.376 e. The lowest BCUT2D eigenvalue weighted by atomic mass is 10.1. The van der Waals surface area contributed by atoms with Crippen LogP contribution in [-0.2, 0) is 11.2 Å². The molecule has 3 nitrogen and oxygen atoms in total. The number of fused-ring (bicyclic) bond motifs is 1. The molecule has 2 atom stereocenters. The van der Waals surface area contributed by atoms with Gasteiger partial charge in [-0.05, 0) is 38.0 Å². The van der Waals surface area contributed by atoms with E-state index in [9.17, 15) is 0 Å². The zero-order valence-electron chi connectivity index (χ0n) is 11.5. The van der Waals surface area contributed by atoms with Crippen molar-refractivity contribution in [3.05, 3.63) is 28.5 Å². The largest absolute Gasteiger partial charge is 0.376 e. The number of nitrogens with zero attached hydrogens (tertiary/aromatic N) is 2. The van der Waals surface area contributed by atoms with Gasteiger partial charge in [0.05, 0.1) is 23.2 Å². The summed E-state index contributed by atoms with van der Waals surface area (Å²) >= 11 is 9.45. The number of alkyl halides is 1. The standard InChI is InChI=1S/C15H18BrClN2O/c1-10(14-3-2-8-20-14)19-13-5-4-11(16)9-12(13)18-15(19)6-7-17/h4-5,9-10,14H,2-3,6-8H2,1H3. The number of halogens is 2. The van der Waals surface area contributed by atoms with E-state index in [0.29, 0.717) is 11.9 Å². The van der Waals surface area contributed by atoms with E-state index in [2.05, 4.69) is 45.6 Å². The number of aromatic nitrogens is 2. The molecule has 2 heterocycles. The molecule has 0 saturated carbocycles. The van der Waals surface area contributed by atoms with Crippen LogP contribution in [0.1, 0.15) is 31.6 Å². The number of aryl methyl sites for hydroxylation is 1. The van der Waals surface area contributed by atoms with E-state index >= 15 is 0 Å². The average molecular weight is 358 g/mol. The molecule has 0 N–H and O–H groups in total. The second kappa shape index (κ2) is 6.04. The van der Waals surface area contributed by atoms with Gasteiger partial charge < -0.3 is 9.30 Å². The van der Waals surface area contributed by atoms with Crippen LogP contribution in [0, 0.1) is 0 Å². The number of rotatable bonds is 4. The molecule has 20 heavy (non-hydrogen) atoms. The molecule has 2 unspecified atom stereocenters. The first-order valence-corrected chi connectivity index (χ1v) is 8.37. The van der Waals surface area contributed by atoms with Crippen molar-refractivity contribution in [1.29, 1.82) is 0 Å². The molecular weight excluding hydrogens is 340 g/mol. The minimum absolute atomic E-state index is 0.283. The highest BCUT2D eigenvalue weighted by Crippen LogP contribution is 2.30. The summed E-state index contributed by atoms with van der Waals surface area (Å²) in [6.07, 6.45) is 3.34. The third-order valence-corrected chi connectivity index (χ3v) is 4.64. The first-order chi connectivity index (χ1) is 9.70. The predicted molar refractivity (Wildman–Crippen MR) is 85.5 cm³/mol. The fraction of sp³-hybridized carbons (Fsp3) is 0.533. The molecule has 1 aliphatic rings. The van der Waals surface area contributed by atoms with Crippen molar-refractivity contribution in [2.75, 3.05) is 12.5 Å². The molecule has 5 heteroatoms. The first kappa shape index (κ1) is 14.4. The highest BCUT2D eigenvalue weighted by molar-refractivity contribution is 9.10. The normalized spacial score (nSPS) is 20.6. The summed E-state index contributed by atoms with van der Waals surface area (Å²) in [5, 5.41) is 0. The molecule has 2 aromatic rings. The molecule has 1 aromatic carbocycles. The fourth-order valence-corrected chi connectivity index (χ4v) is 3.50. The van der Waals surface area contributed by atoms with Gasteiger partial charge in [0.25, 0.3) is 0 Å². The molecule has 108 valence electrons. The monoisotopic (exact) mass is 356 g/mol. The summed E-state index contributed by atoms with van der Waals surface area (Å²) in [5.41, 5.74) is 2.18. The van der Waals surface area contributed by atoms with Crippen LogP contribution in [0.2, 0.25) is 0 Å². The molecule has 0 bridgehead atoms. The van der Waals surface area contributed by atoms with Crippen LogP contribution in [-0.4, -0.2) is 28.1 Å². The van der Waals surface area contributed by atoms with Crippen molar-refractivity contribution in [3.8, 4) is 0 Å². The van der Waals surface area contributed by atoms with Crippen molar-refractivity contribution in [2.24, 2.45) is 0 Å². The van der Waals surface area contributed by atoms with E-state index in [4.69, 9.17) is 21.3 Å². The van der Waals surface area contributed by atoms with Gasteiger partial charge >= 0.3 is 0 Å². The van der Waals surface area contributed by atoms with Crippen LogP contribution >= 0.6 is 27.5 Å². The third kappa shape index (κ3) is 2.61. The topological polar surface area (TPSA) is 27.1 Å². The number of hydrogen-bond donors (Lipinski definition) is 0. The van der Waals surface area contributed by atoms with E-state index in [1.807, 2.05) is 0 Å². The Balaban J connectivity index is 2.07. The molecule has 1 fully saturated rings. The van der Waals surface area contributed by atoms with Crippen LogP contribution in [0.4, 0.5) is 0 Å². The third-order valence-electron chi connectivity index (χ3n) is 3.95. The second-order valence-corrected chi connectivity index (χ2v) is 6.56. The Morgan fingerprint density at radius 2 is 2.40 bits per heavy atom. The molecule has 3 rings (SSSR count). The van der Waals surface area contributed by atoms with Gasteiger partial charge in [-0.25, -0.2) is 4.98 Å². The maximum Gasteiger partial charge on any atom is 0.111 e. The fourth-order valence-electron chi connectivity index (χ4n) is 2.99. The second-order valence-electron chi connectivity index (χ2n) is 5.26. The molecular formula is C15H18BrClN2O. The Hall–Kier alpha value is -0.580. The Morgan fingerprint density at radius 3 is 3.10 bits per heavy atom. The van der Waals surface area contributed by atoms with E-state index < -0.39 is 0 Å². The van der Waals surface area contributed by atoms with E-state index in [1.165, 1.54) is 0 Å². The summed E-state index contributed by atoms with van der Waals surface area (Å²) in [4.78, 5) is 4.75. The maximum atomic E-state index is 5.94. The molecule has 0 spiro atoms. The number of hydrogen-bond acceptors (Lipinski definition) is 2.